The summed E-state index contributed by atoms with van der Waals surface area (Å²) >= 11 is 1.94. The maximum Gasteiger partial charge on any atom is 0.226 e. The molecule has 0 N–H and O–H groups in total. The highest BCUT2D eigenvalue weighted by atomic mass is 32.2. The van der Waals surface area contributed by atoms with Gasteiger partial charge in [0.2, 0.25) is 11.8 Å². The molecular weight excluding hydrogens is 290 g/mol. The molecule has 2 atom stereocenters. The van der Waals surface area contributed by atoms with Gasteiger partial charge in [-0.05, 0) is 19.8 Å². The molecule has 0 unspecified atom stereocenters. The fraction of sp³-hybridized carbons (Fsp3) is 0.786. The highest BCUT2D eigenvalue weighted by Crippen LogP contribution is 2.30. The summed E-state index contributed by atoms with van der Waals surface area (Å²) in [4.78, 5) is 18.7. The van der Waals surface area contributed by atoms with Crippen molar-refractivity contribution in [1.29, 1.82) is 0 Å². The summed E-state index contributed by atoms with van der Waals surface area (Å²) in [5.74, 6) is 2.54. The van der Waals surface area contributed by atoms with Gasteiger partial charge < -0.3 is 14.2 Å². The first-order chi connectivity index (χ1) is 10.2. The summed E-state index contributed by atoms with van der Waals surface area (Å²) < 4.78 is 10.6. The van der Waals surface area contributed by atoms with E-state index in [-0.39, 0.29) is 5.91 Å². The number of carbonyl (C=O) groups excluding carboxylic acids is 1. The molecule has 6 nitrogen and oxygen atoms in total. The Morgan fingerprint density at radius 2 is 2.43 bits per heavy atom. The molecule has 3 rings (SSSR count). The van der Waals surface area contributed by atoms with Crippen molar-refractivity contribution in [3.63, 3.8) is 0 Å². The van der Waals surface area contributed by atoms with Gasteiger partial charge in [0.25, 0.3) is 0 Å². The maximum absolute atomic E-state index is 12.5. The lowest BCUT2D eigenvalue weighted by Gasteiger charge is -2.43. The Bertz CT molecular complexity index is 492. The molecule has 3 heterocycles. The van der Waals surface area contributed by atoms with Gasteiger partial charge in [-0.25, -0.2) is 0 Å². The minimum Gasteiger partial charge on any atom is -0.380 e. The van der Waals surface area contributed by atoms with E-state index in [1.54, 1.807) is 6.92 Å². The lowest BCUT2D eigenvalue weighted by atomic mass is 10.0. The third-order valence-electron chi connectivity index (χ3n) is 4.00. The predicted octanol–water partition coefficient (Wildman–Crippen LogP) is 1.43. The Hall–Kier alpha value is -1.08. The van der Waals surface area contributed by atoms with Crippen LogP contribution in [0, 0.1) is 6.92 Å². The van der Waals surface area contributed by atoms with Crippen molar-refractivity contribution in [2.24, 2.45) is 0 Å². The minimum absolute atomic E-state index is 0.253. The summed E-state index contributed by atoms with van der Waals surface area (Å²) in [5, 5.41) is 4.21. The van der Waals surface area contributed by atoms with Gasteiger partial charge in [-0.15, -0.1) is 0 Å². The second kappa shape index (κ2) is 6.79. The molecule has 0 spiro atoms. The Morgan fingerprint density at radius 3 is 3.24 bits per heavy atom. The number of hydrogen-bond donors (Lipinski definition) is 0. The number of ether oxygens (including phenoxy) is 1. The highest BCUT2D eigenvalue weighted by molar-refractivity contribution is 8.00. The van der Waals surface area contributed by atoms with Crippen molar-refractivity contribution in [3.05, 3.63) is 11.7 Å². The van der Waals surface area contributed by atoms with Crippen LogP contribution in [-0.4, -0.2) is 57.8 Å². The zero-order valence-electron chi connectivity index (χ0n) is 12.3. The van der Waals surface area contributed by atoms with Gasteiger partial charge in [-0.1, -0.05) is 5.16 Å². The van der Waals surface area contributed by atoms with Crippen LogP contribution in [0.15, 0.2) is 4.52 Å². The molecule has 21 heavy (non-hydrogen) atoms. The van der Waals surface area contributed by atoms with E-state index in [0.717, 1.165) is 38.4 Å². The first kappa shape index (κ1) is 14.8. The number of nitrogens with zero attached hydrogens (tertiary/aromatic N) is 3. The van der Waals surface area contributed by atoms with E-state index in [9.17, 15) is 4.79 Å². The molecule has 0 radical (unpaired) electrons. The van der Waals surface area contributed by atoms with Gasteiger partial charge in [-0.2, -0.15) is 16.7 Å². The number of rotatable bonds is 4. The second-order valence-electron chi connectivity index (χ2n) is 5.52. The smallest absolute Gasteiger partial charge is 0.226 e. The Labute approximate surface area is 128 Å². The van der Waals surface area contributed by atoms with Gasteiger partial charge in [0, 0.05) is 43.0 Å². The summed E-state index contributed by atoms with van der Waals surface area (Å²) in [6.07, 6.45) is 2.95. The molecule has 0 saturated carbocycles. The first-order valence-electron chi connectivity index (χ1n) is 7.52. The number of thioether (sulfide) groups is 1. The minimum atomic E-state index is 0.253. The lowest BCUT2D eigenvalue weighted by Crippen LogP contribution is -2.54. The van der Waals surface area contributed by atoms with Crippen molar-refractivity contribution in [2.45, 2.75) is 43.9 Å². The Morgan fingerprint density at radius 1 is 1.52 bits per heavy atom. The molecule has 2 fully saturated rings. The van der Waals surface area contributed by atoms with Gasteiger partial charge in [0.1, 0.15) is 0 Å². The molecule has 7 heteroatoms. The van der Waals surface area contributed by atoms with E-state index in [0.29, 0.717) is 35.8 Å². The highest BCUT2D eigenvalue weighted by Gasteiger charge is 2.36. The average molecular weight is 311 g/mol. The lowest BCUT2D eigenvalue weighted by molar-refractivity contribution is -0.135. The third kappa shape index (κ3) is 3.58. The molecular formula is C14H21N3O3S. The van der Waals surface area contributed by atoms with Crippen LogP contribution in [0.5, 0.6) is 0 Å². The summed E-state index contributed by atoms with van der Waals surface area (Å²) in [7, 11) is 0. The Balaban J connectivity index is 1.49. The molecule has 116 valence electrons. The van der Waals surface area contributed by atoms with Crippen molar-refractivity contribution in [3.8, 4) is 0 Å². The van der Waals surface area contributed by atoms with Crippen LogP contribution >= 0.6 is 11.8 Å². The van der Waals surface area contributed by atoms with E-state index in [1.165, 1.54) is 0 Å². The van der Waals surface area contributed by atoms with Crippen molar-refractivity contribution in [1.82, 2.24) is 15.0 Å². The molecule has 2 aliphatic rings. The van der Waals surface area contributed by atoms with Crippen LogP contribution in [0.1, 0.15) is 31.0 Å². The number of fused-ring (bicyclic) bond motifs is 1. The fourth-order valence-corrected chi connectivity index (χ4v) is 4.27. The van der Waals surface area contributed by atoms with Crippen LogP contribution in [0.3, 0.4) is 0 Å². The number of aromatic nitrogens is 2. The predicted molar refractivity (Wildman–Crippen MR) is 79.2 cm³/mol. The van der Waals surface area contributed by atoms with Crippen molar-refractivity contribution < 1.29 is 14.1 Å². The van der Waals surface area contributed by atoms with Gasteiger partial charge in [-0.3, -0.25) is 4.79 Å². The van der Waals surface area contributed by atoms with E-state index < -0.39 is 0 Å². The SMILES string of the molecule is Cc1noc(CCCC(=O)N2CCS[C@@H]3COCC[C@H]32)n1. The maximum atomic E-state index is 12.5. The van der Waals surface area contributed by atoms with Crippen LogP contribution in [0.25, 0.3) is 0 Å². The largest absolute Gasteiger partial charge is 0.380 e. The van der Waals surface area contributed by atoms with Crippen LogP contribution in [-0.2, 0) is 16.0 Å². The van der Waals surface area contributed by atoms with E-state index >= 15 is 0 Å². The Kier molecular flexibility index (Phi) is 4.80. The zero-order chi connectivity index (χ0) is 14.7. The molecule has 0 aliphatic carbocycles. The average Bonchev–Trinajstić information content (AvgIpc) is 2.92. The third-order valence-corrected chi connectivity index (χ3v) is 5.30. The normalized spacial score (nSPS) is 25.7. The topological polar surface area (TPSA) is 68.5 Å². The molecule has 1 amide bonds. The summed E-state index contributed by atoms with van der Waals surface area (Å²) in [5.41, 5.74) is 0. The molecule has 0 bridgehead atoms. The summed E-state index contributed by atoms with van der Waals surface area (Å²) in [6.45, 7) is 4.21. The molecule has 2 aliphatic heterocycles. The van der Waals surface area contributed by atoms with Crippen molar-refractivity contribution >= 4 is 17.7 Å². The van der Waals surface area contributed by atoms with Gasteiger partial charge >= 0.3 is 0 Å². The number of hydrogen-bond acceptors (Lipinski definition) is 6. The number of carbonyl (C=O) groups is 1. The quantitative estimate of drug-likeness (QED) is 0.838. The van der Waals surface area contributed by atoms with Crippen molar-refractivity contribution in [2.75, 3.05) is 25.5 Å². The number of amides is 1. The van der Waals surface area contributed by atoms with E-state index in [1.807, 2.05) is 11.8 Å². The van der Waals surface area contributed by atoms with Gasteiger partial charge in [0.15, 0.2) is 5.82 Å². The summed E-state index contributed by atoms with van der Waals surface area (Å²) in [6, 6.07) is 0.357. The first-order valence-corrected chi connectivity index (χ1v) is 8.57. The molecule has 0 aromatic carbocycles. The molecule has 2 saturated heterocycles. The monoisotopic (exact) mass is 311 g/mol. The van der Waals surface area contributed by atoms with Crippen LogP contribution in [0.4, 0.5) is 0 Å². The number of aryl methyl sites for hydroxylation is 2. The van der Waals surface area contributed by atoms with E-state index in [2.05, 4.69) is 15.0 Å². The van der Waals surface area contributed by atoms with Gasteiger partial charge in [0.05, 0.1) is 6.61 Å². The van der Waals surface area contributed by atoms with Crippen LogP contribution in [0.2, 0.25) is 0 Å². The fourth-order valence-electron chi connectivity index (χ4n) is 2.97. The standard InChI is InChI=1S/C14H21N3O3S/c1-10-15-13(20-16-10)3-2-4-14(18)17-6-8-21-12-9-19-7-5-11(12)17/h11-12H,2-9H2,1H3/t11-,12-/m1/s1. The van der Waals surface area contributed by atoms with Crippen LogP contribution < -0.4 is 0 Å². The van der Waals surface area contributed by atoms with E-state index in [4.69, 9.17) is 9.26 Å². The second-order valence-corrected chi connectivity index (χ2v) is 6.86. The molecule has 1 aromatic rings. The zero-order valence-corrected chi connectivity index (χ0v) is 13.1. The molecule has 1 aromatic heterocycles.